The molecule has 0 aliphatic carbocycles. The molecule has 3 aliphatic rings. The van der Waals surface area contributed by atoms with Crippen LogP contribution in [0.5, 0.6) is 17.2 Å². The average molecular weight is 871 g/mol. The van der Waals surface area contributed by atoms with E-state index in [0.717, 1.165) is 19.6 Å². The molecule has 4 aromatic rings. The third-order valence-electron chi connectivity index (χ3n) is 10.7. The van der Waals surface area contributed by atoms with Crippen LogP contribution in [0.25, 0.3) is 6.08 Å². The molecule has 0 saturated carbocycles. The number of ether oxygens (including phenoxy) is 3. The summed E-state index contributed by atoms with van der Waals surface area (Å²) in [5.74, 6) is -1.29. The fraction of sp³-hybridized carbons (Fsp3) is 0.357. The van der Waals surface area contributed by atoms with Gasteiger partial charge in [-0.25, -0.2) is 3.97 Å². The Kier molecular flexibility index (Phi) is 12.3. The van der Waals surface area contributed by atoms with Gasteiger partial charge in [0.25, 0.3) is 11.8 Å². The summed E-state index contributed by atoms with van der Waals surface area (Å²) in [5.41, 5.74) is 3.46. The fourth-order valence-corrected chi connectivity index (χ4v) is 9.67. The lowest BCUT2D eigenvalue weighted by Gasteiger charge is -2.33. The molecule has 0 spiro atoms. The van der Waals surface area contributed by atoms with Crippen LogP contribution in [-0.2, 0) is 11.3 Å². The lowest BCUT2D eigenvalue weighted by Crippen LogP contribution is -2.41. The number of benzene rings is 2. The molecular weight excluding hydrogens is 826 g/mol. The van der Waals surface area contributed by atoms with E-state index in [4.69, 9.17) is 9.47 Å². The van der Waals surface area contributed by atoms with E-state index in [1.807, 2.05) is 6.92 Å². The van der Waals surface area contributed by atoms with Gasteiger partial charge < -0.3 is 29.7 Å². The minimum Gasteiger partial charge on any atom is -0.493 e. The van der Waals surface area contributed by atoms with E-state index in [2.05, 4.69) is 20.5 Å². The van der Waals surface area contributed by atoms with Gasteiger partial charge in [0.05, 0.1) is 49.1 Å². The van der Waals surface area contributed by atoms with Crippen LogP contribution in [0.1, 0.15) is 87.9 Å². The van der Waals surface area contributed by atoms with Crippen LogP contribution in [0.4, 0.5) is 26.6 Å². The van der Waals surface area contributed by atoms with Crippen molar-refractivity contribution >= 4 is 46.4 Å². The summed E-state index contributed by atoms with van der Waals surface area (Å²) in [7, 11) is 2.93. The first kappa shape index (κ1) is 43.0. The van der Waals surface area contributed by atoms with Gasteiger partial charge in [-0.2, -0.15) is 5.10 Å². The van der Waals surface area contributed by atoms with Crippen molar-refractivity contribution in [3.05, 3.63) is 106 Å². The van der Waals surface area contributed by atoms with E-state index in [-0.39, 0.29) is 43.2 Å². The molecule has 2 aromatic heterocycles. The summed E-state index contributed by atoms with van der Waals surface area (Å²) in [6.07, 6.45) is 3.79. The molecule has 0 saturated heterocycles. The Morgan fingerprint density at radius 2 is 1.74 bits per heavy atom. The number of rotatable bonds is 15. The zero-order chi connectivity index (χ0) is 43.6. The van der Waals surface area contributed by atoms with Crippen molar-refractivity contribution in [2.24, 2.45) is 0 Å². The summed E-state index contributed by atoms with van der Waals surface area (Å²) in [5, 5.41) is 10.3. The van der Waals surface area contributed by atoms with Crippen LogP contribution in [0.3, 0.4) is 0 Å². The zero-order valence-corrected chi connectivity index (χ0v) is 34.7. The van der Waals surface area contributed by atoms with E-state index in [0.29, 0.717) is 83.6 Å². The molecule has 3 aliphatic heterocycles. The molecule has 2 aromatic carbocycles. The first-order valence-electron chi connectivity index (χ1n) is 19.6. The van der Waals surface area contributed by atoms with E-state index >= 15 is 7.77 Å². The van der Waals surface area contributed by atoms with Crippen molar-refractivity contribution in [3.63, 3.8) is 0 Å². The molecule has 3 amide bonds. The van der Waals surface area contributed by atoms with E-state index < -0.39 is 35.2 Å². The maximum absolute atomic E-state index is 15.8. The van der Waals surface area contributed by atoms with Crippen LogP contribution in [0.2, 0.25) is 0 Å². The van der Waals surface area contributed by atoms with Crippen molar-refractivity contribution < 1.29 is 53.5 Å². The molecule has 0 bridgehead atoms. The molecule has 2 N–H and O–H groups in total. The maximum atomic E-state index is 15.8. The van der Waals surface area contributed by atoms with Gasteiger partial charge in [-0.15, -0.1) is 13.2 Å². The number of unbranched alkanes of at least 4 members (excludes halogenated alkanes) is 2. The van der Waals surface area contributed by atoms with Crippen molar-refractivity contribution in [3.8, 4) is 17.2 Å². The second-order valence-electron chi connectivity index (χ2n) is 14.7. The Morgan fingerprint density at radius 1 is 0.967 bits per heavy atom. The Morgan fingerprint density at radius 3 is 2.49 bits per heavy atom. The van der Waals surface area contributed by atoms with Crippen LogP contribution in [0, 0.1) is 13.8 Å². The van der Waals surface area contributed by atoms with Crippen LogP contribution >= 0.6 is 11.2 Å². The van der Waals surface area contributed by atoms with Crippen LogP contribution in [0.15, 0.2) is 72.6 Å². The number of hydrogen-bond donors (Lipinski definition) is 2. The third-order valence-corrected chi connectivity index (χ3v) is 12.5. The number of aryl methyl sites for hydroxylation is 3. The first-order chi connectivity index (χ1) is 29.1. The minimum atomic E-state index is -5.02. The molecule has 1 atom stereocenters. The van der Waals surface area contributed by atoms with Gasteiger partial charge >= 0.3 is 17.5 Å². The van der Waals surface area contributed by atoms with Gasteiger partial charge in [-0.05, 0) is 81.5 Å². The Hall–Kier alpha value is -6.11. The van der Waals surface area contributed by atoms with Crippen molar-refractivity contribution in [2.45, 2.75) is 71.3 Å². The van der Waals surface area contributed by atoms with E-state index in [1.165, 1.54) is 43.5 Å². The highest BCUT2D eigenvalue weighted by Gasteiger charge is 2.50. The molecule has 19 heteroatoms. The largest absolute Gasteiger partial charge is 0.573 e. The number of fused-ring (bicyclic) bond motifs is 3. The molecule has 324 valence electrons. The molecule has 61 heavy (non-hydrogen) atoms. The molecule has 5 heterocycles. The molecule has 13 nitrogen and oxygen atoms in total. The number of methoxy groups -OCH3 is 2. The summed E-state index contributed by atoms with van der Waals surface area (Å²) in [6.45, 7) is 4.34. The van der Waals surface area contributed by atoms with Gasteiger partial charge in [0.2, 0.25) is 17.3 Å². The number of nitrogens with one attached hydrogen (secondary N) is 2. The van der Waals surface area contributed by atoms with E-state index in [9.17, 15) is 27.6 Å². The summed E-state index contributed by atoms with van der Waals surface area (Å²) >= 11 is -4.38. The van der Waals surface area contributed by atoms with Gasteiger partial charge in [0, 0.05) is 62.0 Å². The van der Waals surface area contributed by atoms with Crippen LogP contribution in [-0.4, -0.2) is 74.8 Å². The lowest BCUT2D eigenvalue weighted by molar-refractivity contribution is -0.302. The highest BCUT2D eigenvalue weighted by molar-refractivity contribution is 8.18. The zero-order valence-electron chi connectivity index (χ0n) is 33.9. The predicted octanol–water partition coefficient (Wildman–Crippen LogP) is 8.14. The maximum Gasteiger partial charge on any atom is 0.573 e. The number of aromatic nitrogens is 3. The van der Waals surface area contributed by atoms with Crippen molar-refractivity contribution in [2.75, 3.05) is 32.2 Å². The number of carbonyl (C=O) groups excluding carboxylic acids is 3. The SMILES string of the molecule is COc1ccc(C(=O)N2CCC(NC(=O)c3ccccc3OC(F)(F)F)c3c2cnn3CCCCCNC(=O)CCC2=[N+]3C(=Cc4c(C)cc(C)n4S3(F)F)C=C2)cc1OC. The number of alkyl halides is 3. The van der Waals surface area contributed by atoms with Gasteiger partial charge in [-0.1, -0.05) is 23.9 Å². The van der Waals surface area contributed by atoms with Crippen molar-refractivity contribution in [1.82, 2.24) is 24.4 Å². The lowest BCUT2D eigenvalue weighted by atomic mass is 10.0. The quantitative estimate of drug-likeness (QED) is 0.0701. The molecule has 7 rings (SSSR count). The van der Waals surface area contributed by atoms with Gasteiger partial charge in [0.1, 0.15) is 5.75 Å². The average Bonchev–Trinajstić information content (AvgIpc) is 3.93. The smallest absolute Gasteiger partial charge is 0.493 e. The number of nitrogens with zero attached hydrogens (tertiary/aromatic N) is 5. The number of halogens is 5. The second-order valence-corrected chi connectivity index (χ2v) is 16.2. The topological polar surface area (TPSA) is 132 Å². The number of hydrogen-bond acceptors (Lipinski definition) is 7. The highest BCUT2D eigenvalue weighted by atomic mass is 32.3. The molecule has 0 radical (unpaired) electrons. The third kappa shape index (κ3) is 8.87. The summed E-state index contributed by atoms with van der Waals surface area (Å²) in [4.78, 5) is 41.8. The standard InChI is InChI=1S/C42H44F5N7O6S/c1-26-22-27(2)53-33(26)24-30-14-13-29(54(30)61(53,46)47)15-17-38(55)48-19-8-5-9-20-52-39-32(50-40(56)31-10-6-7-11-35(31)60-42(43,44)45)18-21-51(34(39)25-49-52)41(57)28-12-16-36(58-3)37(23-28)59-4/h6-7,10-14,16,22-25,32H,5,8-9,15,17-21H2,1-4H3,(H-,48,50,55,56)/p+1. The summed E-state index contributed by atoms with van der Waals surface area (Å²) in [6, 6.07) is 10.8. The number of allylic oxidation sites excluding steroid dienone is 2. The summed E-state index contributed by atoms with van der Waals surface area (Å²) < 4.78 is 89.8. The van der Waals surface area contributed by atoms with Crippen LogP contribution < -0.4 is 29.7 Å². The van der Waals surface area contributed by atoms with E-state index in [1.54, 1.807) is 54.1 Å². The fourth-order valence-electron chi connectivity index (χ4n) is 7.87. The monoisotopic (exact) mass is 870 g/mol. The highest BCUT2D eigenvalue weighted by Crippen LogP contribution is 2.61. The number of carbonyl (C=O) groups is 3. The minimum absolute atomic E-state index is 0.0351. The van der Waals surface area contributed by atoms with Gasteiger partial charge in [-0.3, -0.25) is 19.1 Å². The Balaban J connectivity index is 0.991. The van der Waals surface area contributed by atoms with Crippen molar-refractivity contribution in [1.29, 1.82) is 0 Å². The normalized spacial score (nSPS) is 16.9. The second kappa shape index (κ2) is 17.5. The molecule has 0 fully saturated rings. The first-order valence-corrected chi connectivity index (χ1v) is 21.0. The number of para-hydroxylation sites is 1. The number of amides is 3. The number of anilines is 1. The van der Waals surface area contributed by atoms with Gasteiger partial charge in [0.15, 0.2) is 11.5 Å². The Labute approximate surface area is 350 Å². The molecular formula is C42H45F5N7O6S+. The Bertz CT molecular complexity index is 2460. The molecule has 1 unspecified atom stereocenters. The predicted molar refractivity (Wildman–Crippen MR) is 219 cm³/mol.